The molecule has 4 rings (SSSR count). The Morgan fingerprint density at radius 1 is 1.41 bits per heavy atom. The van der Waals surface area contributed by atoms with Gasteiger partial charge in [0.2, 0.25) is 0 Å². The van der Waals surface area contributed by atoms with Crippen LogP contribution < -0.4 is 15.8 Å². The highest BCUT2D eigenvalue weighted by molar-refractivity contribution is 7.09. The number of nitrogens with zero attached hydrogens (tertiary/aromatic N) is 1. The molecule has 1 aromatic carbocycles. The number of rotatable bonds is 6. The summed E-state index contributed by atoms with van der Waals surface area (Å²) in [5.74, 6) is 1.17. The highest BCUT2D eigenvalue weighted by Crippen LogP contribution is 2.33. The van der Waals surface area contributed by atoms with Crippen LogP contribution in [-0.4, -0.2) is 23.0 Å². The van der Waals surface area contributed by atoms with Crippen molar-refractivity contribution >= 4 is 28.2 Å². The van der Waals surface area contributed by atoms with Crippen molar-refractivity contribution in [3.05, 3.63) is 45.6 Å². The van der Waals surface area contributed by atoms with Crippen LogP contribution in [0.25, 0.3) is 11.0 Å². The standard InChI is InChI=1S/C20H23N3O3S/c1-12-17(27-11-22-12)9-25-14-4-5-16-15(8-14)18(13(2)26-16)19(24)23-20(10-21)6-3-7-20/h4-5,8,11H,3,6-7,9-10,21H2,1-2H3,(H,23,24). The van der Waals surface area contributed by atoms with Gasteiger partial charge in [0.05, 0.1) is 27.2 Å². The lowest BCUT2D eigenvalue weighted by molar-refractivity contribution is 0.0837. The number of carbonyl (C=O) groups excluding carboxylic acids is 1. The Kier molecular flexibility index (Phi) is 4.65. The lowest BCUT2D eigenvalue weighted by atomic mass is 9.76. The third-order valence-corrected chi connectivity index (χ3v) is 6.27. The van der Waals surface area contributed by atoms with Gasteiger partial charge in [-0.05, 0) is 51.3 Å². The molecule has 1 amide bonds. The molecular formula is C20H23N3O3S. The van der Waals surface area contributed by atoms with Gasteiger partial charge in [-0.15, -0.1) is 11.3 Å². The van der Waals surface area contributed by atoms with Gasteiger partial charge >= 0.3 is 0 Å². The number of thiazole rings is 1. The van der Waals surface area contributed by atoms with Crippen molar-refractivity contribution in [1.82, 2.24) is 10.3 Å². The number of hydrogen-bond donors (Lipinski definition) is 2. The molecule has 1 aliphatic carbocycles. The third kappa shape index (κ3) is 3.33. The van der Waals surface area contributed by atoms with Crippen LogP contribution in [0.5, 0.6) is 5.75 Å². The second kappa shape index (κ2) is 6.98. The molecule has 27 heavy (non-hydrogen) atoms. The van der Waals surface area contributed by atoms with E-state index >= 15 is 0 Å². The summed E-state index contributed by atoms with van der Waals surface area (Å²) < 4.78 is 11.7. The van der Waals surface area contributed by atoms with Gasteiger partial charge in [0.25, 0.3) is 5.91 Å². The summed E-state index contributed by atoms with van der Waals surface area (Å²) in [6.07, 6.45) is 2.94. The number of nitrogens with one attached hydrogen (secondary N) is 1. The van der Waals surface area contributed by atoms with E-state index in [1.165, 1.54) is 0 Å². The van der Waals surface area contributed by atoms with Gasteiger partial charge in [-0.3, -0.25) is 4.79 Å². The lowest BCUT2D eigenvalue weighted by Gasteiger charge is -2.41. The van der Waals surface area contributed by atoms with Crippen LogP contribution in [0.1, 0.15) is 46.0 Å². The number of carbonyl (C=O) groups is 1. The molecule has 0 spiro atoms. The highest BCUT2D eigenvalue weighted by Gasteiger charge is 2.38. The Morgan fingerprint density at radius 3 is 2.85 bits per heavy atom. The second-order valence-corrected chi connectivity index (χ2v) is 8.07. The first-order valence-corrected chi connectivity index (χ1v) is 9.97. The van der Waals surface area contributed by atoms with Crippen LogP contribution in [-0.2, 0) is 6.61 Å². The first-order chi connectivity index (χ1) is 13.0. The van der Waals surface area contributed by atoms with E-state index in [-0.39, 0.29) is 11.4 Å². The van der Waals surface area contributed by atoms with Crippen molar-refractivity contribution in [3.63, 3.8) is 0 Å². The Balaban J connectivity index is 1.59. The molecule has 0 radical (unpaired) electrons. The smallest absolute Gasteiger partial charge is 0.255 e. The SMILES string of the molecule is Cc1ncsc1COc1ccc2oc(C)c(C(=O)NC3(CN)CCC3)c2c1. The number of furan rings is 1. The molecule has 1 saturated carbocycles. The van der Waals surface area contributed by atoms with Crippen molar-refractivity contribution in [2.24, 2.45) is 5.73 Å². The molecule has 0 unspecified atom stereocenters. The number of nitrogens with two attached hydrogens (primary N) is 1. The number of benzene rings is 1. The Morgan fingerprint density at radius 2 is 2.22 bits per heavy atom. The summed E-state index contributed by atoms with van der Waals surface area (Å²) in [6, 6.07) is 5.57. The average Bonchev–Trinajstić information content (AvgIpc) is 3.17. The highest BCUT2D eigenvalue weighted by atomic mass is 32.1. The molecule has 0 bridgehead atoms. The van der Waals surface area contributed by atoms with Crippen molar-refractivity contribution in [2.45, 2.75) is 45.3 Å². The van der Waals surface area contributed by atoms with Gasteiger partial charge in [-0.25, -0.2) is 4.98 Å². The van der Waals surface area contributed by atoms with Crippen LogP contribution in [0, 0.1) is 13.8 Å². The summed E-state index contributed by atoms with van der Waals surface area (Å²) >= 11 is 1.57. The second-order valence-electron chi connectivity index (χ2n) is 7.13. The van der Waals surface area contributed by atoms with Gasteiger partial charge in [-0.2, -0.15) is 0 Å². The van der Waals surface area contributed by atoms with Gasteiger partial charge in [-0.1, -0.05) is 0 Å². The van der Waals surface area contributed by atoms with E-state index in [0.717, 1.165) is 35.2 Å². The maximum atomic E-state index is 12.9. The minimum atomic E-state index is -0.273. The zero-order valence-corrected chi connectivity index (χ0v) is 16.3. The van der Waals surface area contributed by atoms with Gasteiger partial charge in [0.15, 0.2) is 0 Å². The molecule has 0 aliphatic heterocycles. The molecule has 2 heterocycles. The number of amides is 1. The monoisotopic (exact) mass is 385 g/mol. The van der Waals surface area contributed by atoms with E-state index in [1.807, 2.05) is 37.6 Å². The van der Waals surface area contributed by atoms with Gasteiger partial charge in [0.1, 0.15) is 23.7 Å². The average molecular weight is 385 g/mol. The lowest BCUT2D eigenvalue weighted by Crippen LogP contribution is -2.58. The number of aryl methyl sites for hydroxylation is 2. The van der Waals surface area contributed by atoms with Gasteiger partial charge < -0.3 is 20.2 Å². The Labute approximate surface area is 161 Å². The van der Waals surface area contributed by atoms with Crippen LogP contribution >= 0.6 is 11.3 Å². The first kappa shape index (κ1) is 18.0. The summed E-state index contributed by atoms with van der Waals surface area (Å²) in [6.45, 7) is 4.69. The fourth-order valence-electron chi connectivity index (χ4n) is 3.47. The summed E-state index contributed by atoms with van der Waals surface area (Å²) in [7, 11) is 0. The molecule has 1 fully saturated rings. The van der Waals surface area contributed by atoms with E-state index in [0.29, 0.717) is 35.8 Å². The largest absolute Gasteiger partial charge is 0.488 e. The normalized spacial score (nSPS) is 15.5. The van der Waals surface area contributed by atoms with E-state index < -0.39 is 0 Å². The molecule has 2 aromatic heterocycles. The number of fused-ring (bicyclic) bond motifs is 1. The molecule has 3 aromatic rings. The van der Waals surface area contributed by atoms with Crippen molar-refractivity contribution < 1.29 is 13.9 Å². The third-order valence-electron chi connectivity index (χ3n) is 5.36. The molecule has 7 heteroatoms. The minimum Gasteiger partial charge on any atom is -0.488 e. The summed E-state index contributed by atoms with van der Waals surface area (Å²) in [5.41, 5.74) is 9.63. The van der Waals surface area contributed by atoms with Crippen molar-refractivity contribution in [3.8, 4) is 5.75 Å². The maximum Gasteiger partial charge on any atom is 0.255 e. The number of aromatic nitrogens is 1. The van der Waals surface area contributed by atoms with Crippen LogP contribution in [0.4, 0.5) is 0 Å². The van der Waals surface area contributed by atoms with Crippen molar-refractivity contribution in [2.75, 3.05) is 6.54 Å². The molecule has 142 valence electrons. The number of hydrogen-bond acceptors (Lipinski definition) is 6. The zero-order valence-electron chi connectivity index (χ0n) is 15.5. The molecule has 1 aliphatic rings. The quantitative estimate of drug-likeness (QED) is 0.675. The predicted molar refractivity (Wildman–Crippen MR) is 105 cm³/mol. The molecule has 3 N–H and O–H groups in total. The van der Waals surface area contributed by atoms with Crippen LogP contribution in [0.15, 0.2) is 28.1 Å². The minimum absolute atomic E-state index is 0.133. The maximum absolute atomic E-state index is 12.9. The van der Waals surface area contributed by atoms with E-state index in [9.17, 15) is 4.79 Å². The predicted octanol–water partition coefficient (Wildman–Crippen LogP) is 3.70. The number of ether oxygens (including phenoxy) is 1. The molecule has 0 atom stereocenters. The topological polar surface area (TPSA) is 90.4 Å². The first-order valence-electron chi connectivity index (χ1n) is 9.09. The van der Waals surface area contributed by atoms with E-state index in [4.69, 9.17) is 14.9 Å². The Hall–Kier alpha value is -2.38. The van der Waals surface area contributed by atoms with Crippen LogP contribution in [0.2, 0.25) is 0 Å². The van der Waals surface area contributed by atoms with E-state index in [1.54, 1.807) is 11.3 Å². The molecule has 6 nitrogen and oxygen atoms in total. The molecular weight excluding hydrogens is 362 g/mol. The Bertz CT molecular complexity index is 982. The van der Waals surface area contributed by atoms with Crippen LogP contribution in [0.3, 0.4) is 0 Å². The van der Waals surface area contributed by atoms with E-state index in [2.05, 4.69) is 10.3 Å². The van der Waals surface area contributed by atoms with Crippen molar-refractivity contribution in [1.29, 1.82) is 0 Å². The van der Waals surface area contributed by atoms with Gasteiger partial charge in [0, 0.05) is 11.9 Å². The summed E-state index contributed by atoms with van der Waals surface area (Å²) in [5, 5.41) is 3.88. The summed E-state index contributed by atoms with van der Waals surface area (Å²) in [4.78, 5) is 18.3. The zero-order chi connectivity index (χ0) is 19.0. The molecule has 0 saturated heterocycles. The fourth-order valence-corrected chi connectivity index (χ4v) is 4.16. The fraction of sp³-hybridized carbons (Fsp3) is 0.400.